The van der Waals surface area contributed by atoms with E-state index in [0.717, 1.165) is 11.1 Å². The van der Waals surface area contributed by atoms with Gasteiger partial charge in [0, 0.05) is 17.5 Å². The average molecular weight is 357 g/mol. The molecule has 2 atom stereocenters. The van der Waals surface area contributed by atoms with E-state index < -0.39 is 5.72 Å². The van der Waals surface area contributed by atoms with E-state index in [1.54, 1.807) is 4.90 Å². The Morgan fingerprint density at radius 3 is 2.19 bits per heavy atom. The molecule has 0 saturated carbocycles. The Balaban J connectivity index is 1.73. The highest BCUT2D eigenvalue weighted by molar-refractivity contribution is 6.00. The number of benzene rings is 3. The summed E-state index contributed by atoms with van der Waals surface area (Å²) in [5.41, 5.74) is 2.13. The molecule has 3 heteroatoms. The zero-order valence-electron chi connectivity index (χ0n) is 15.4. The molecule has 3 aromatic carbocycles. The maximum absolute atomic E-state index is 13.2. The summed E-state index contributed by atoms with van der Waals surface area (Å²) in [4.78, 5) is 14.9. The van der Waals surface area contributed by atoms with Gasteiger partial charge >= 0.3 is 0 Å². The maximum atomic E-state index is 13.2. The van der Waals surface area contributed by atoms with Crippen LogP contribution in [0.15, 0.2) is 84.9 Å². The van der Waals surface area contributed by atoms with Crippen molar-refractivity contribution < 1.29 is 9.90 Å². The van der Waals surface area contributed by atoms with Crippen LogP contribution in [-0.4, -0.2) is 15.9 Å². The molecular formula is C24H23NO2. The molecule has 1 aliphatic heterocycles. The van der Waals surface area contributed by atoms with Gasteiger partial charge in [-0.15, -0.1) is 0 Å². The van der Waals surface area contributed by atoms with Crippen molar-refractivity contribution in [3.05, 3.63) is 107 Å². The van der Waals surface area contributed by atoms with Gasteiger partial charge in [0.05, 0.1) is 6.04 Å². The SMILES string of the molecule is C[C@@H](c1ccccc1)N1C(=O)c2ccccc2[C@]1(O)CCc1ccccc1. The number of hydrogen-bond acceptors (Lipinski definition) is 2. The topological polar surface area (TPSA) is 40.5 Å². The molecule has 0 bridgehead atoms. The Hall–Kier alpha value is -2.91. The van der Waals surface area contributed by atoms with Crippen LogP contribution < -0.4 is 0 Å². The van der Waals surface area contributed by atoms with Crippen molar-refractivity contribution in [2.24, 2.45) is 0 Å². The van der Waals surface area contributed by atoms with E-state index in [0.29, 0.717) is 24.0 Å². The van der Waals surface area contributed by atoms with E-state index in [1.165, 1.54) is 0 Å². The molecule has 0 fully saturated rings. The van der Waals surface area contributed by atoms with Gasteiger partial charge < -0.3 is 5.11 Å². The highest BCUT2D eigenvalue weighted by atomic mass is 16.3. The number of aliphatic hydroxyl groups is 1. The van der Waals surface area contributed by atoms with Gasteiger partial charge in [-0.1, -0.05) is 78.9 Å². The van der Waals surface area contributed by atoms with E-state index in [2.05, 4.69) is 12.1 Å². The monoisotopic (exact) mass is 357 g/mol. The van der Waals surface area contributed by atoms with Crippen molar-refractivity contribution in [3.63, 3.8) is 0 Å². The van der Waals surface area contributed by atoms with Crippen LogP contribution in [0.4, 0.5) is 0 Å². The van der Waals surface area contributed by atoms with Crippen molar-refractivity contribution in [2.75, 3.05) is 0 Å². The van der Waals surface area contributed by atoms with Crippen LogP contribution in [0.3, 0.4) is 0 Å². The lowest BCUT2D eigenvalue weighted by Crippen LogP contribution is -2.45. The second-order valence-electron chi connectivity index (χ2n) is 7.11. The predicted octanol–water partition coefficient (Wildman–Crippen LogP) is 4.68. The molecule has 0 radical (unpaired) electrons. The van der Waals surface area contributed by atoms with Gasteiger partial charge in [-0.05, 0) is 30.5 Å². The molecule has 0 aromatic heterocycles. The lowest BCUT2D eigenvalue weighted by Gasteiger charge is -2.39. The number of amides is 1. The molecule has 1 amide bonds. The third-order valence-electron chi connectivity index (χ3n) is 5.48. The van der Waals surface area contributed by atoms with Crippen LogP contribution in [-0.2, 0) is 12.1 Å². The summed E-state index contributed by atoms with van der Waals surface area (Å²) in [6, 6.07) is 27.1. The summed E-state index contributed by atoms with van der Waals surface area (Å²) in [6.45, 7) is 1.98. The molecule has 0 saturated heterocycles. The summed E-state index contributed by atoms with van der Waals surface area (Å²) < 4.78 is 0. The smallest absolute Gasteiger partial charge is 0.257 e. The molecule has 3 aromatic rings. The minimum absolute atomic E-state index is 0.113. The average Bonchev–Trinajstić information content (AvgIpc) is 2.95. The van der Waals surface area contributed by atoms with Gasteiger partial charge in [-0.25, -0.2) is 0 Å². The van der Waals surface area contributed by atoms with Crippen molar-refractivity contribution in [1.29, 1.82) is 0 Å². The number of carbonyl (C=O) groups is 1. The van der Waals surface area contributed by atoms with Gasteiger partial charge in [0.1, 0.15) is 0 Å². The number of aryl methyl sites for hydroxylation is 1. The Morgan fingerprint density at radius 1 is 0.889 bits per heavy atom. The molecule has 136 valence electrons. The van der Waals surface area contributed by atoms with Crippen LogP contribution >= 0.6 is 0 Å². The summed E-state index contributed by atoms with van der Waals surface area (Å²) in [6.07, 6.45) is 1.15. The molecule has 0 aliphatic carbocycles. The third kappa shape index (κ3) is 3.04. The van der Waals surface area contributed by atoms with E-state index >= 15 is 0 Å². The summed E-state index contributed by atoms with van der Waals surface area (Å²) in [7, 11) is 0. The molecule has 1 N–H and O–H groups in total. The first-order valence-electron chi connectivity index (χ1n) is 9.35. The zero-order valence-corrected chi connectivity index (χ0v) is 15.4. The number of carbonyl (C=O) groups excluding carboxylic acids is 1. The number of nitrogens with zero attached hydrogens (tertiary/aromatic N) is 1. The Labute approximate surface area is 159 Å². The predicted molar refractivity (Wildman–Crippen MR) is 106 cm³/mol. The second kappa shape index (κ2) is 7.01. The fourth-order valence-corrected chi connectivity index (χ4v) is 4.04. The number of hydrogen-bond donors (Lipinski definition) is 1. The fraction of sp³-hybridized carbons (Fsp3) is 0.208. The molecule has 1 heterocycles. The van der Waals surface area contributed by atoms with Crippen LogP contribution in [0.2, 0.25) is 0 Å². The van der Waals surface area contributed by atoms with E-state index in [-0.39, 0.29) is 11.9 Å². The lowest BCUT2D eigenvalue weighted by atomic mass is 9.93. The quantitative estimate of drug-likeness (QED) is 0.720. The molecule has 0 unspecified atom stereocenters. The largest absolute Gasteiger partial charge is 0.367 e. The van der Waals surface area contributed by atoms with Gasteiger partial charge in [-0.2, -0.15) is 0 Å². The minimum atomic E-state index is -1.32. The van der Waals surface area contributed by atoms with E-state index in [9.17, 15) is 9.90 Å². The number of rotatable bonds is 5. The van der Waals surface area contributed by atoms with Crippen LogP contribution in [0.1, 0.15) is 46.4 Å². The molecule has 4 rings (SSSR count). The first-order chi connectivity index (χ1) is 13.1. The van der Waals surface area contributed by atoms with E-state index in [1.807, 2.05) is 79.7 Å². The summed E-state index contributed by atoms with van der Waals surface area (Å²) in [5.74, 6) is -0.113. The number of fused-ring (bicyclic) bond motifs is 1. The Morgan fingerprint density at radius 2 is 1.48 bits per heavy atom. The zero-order chi connectivity index (χ0) is 18.9. The molecule has 1 aliphatic rings. The molecule has 0 spiro atoms. The standard InChI is InChI=1S/C24H23NO2/c1-18(20-12-6-3-7-13-20)25-23(26)21-14-8-9-15-22(21)24(25,27)17-16-19-10-4-2-5-11-19/h2-15,18,27H,16-17H2,1H3/t18-,24+/m0/s1. The van der Waals surface area contributed by atoms with Crippen LogP contribution in [0.5, 0.6) is 0 Å². The van der Waals surface area contributed by atoms with Crippen molar-refractivity contribution in [3.8, 4) is 0 Å². The van der Waals surface area contributed by atoms with Gasteiger partial charge in [0.25, 0.3) is 5.91 Å². The first kappa shape index (κ1) is 17.5. The summed E-state index contributed by atoms with van der Waals surface area (Å²) >= 11 is 0. The normalized spacial score (nSPS) is 19.8. The first-order valence-corrected chi connectivity index (χ1v) is 9.35. The van der Waals surface area contributed by atoms with Crippen molar-refractivity contribution in [1.82, 2.24) is 4.90 Å². The Kier molecular flexibility index (Phi) is 4.54. The van der Waals surface area contributed by atoms with Gasteiger partial charge in [0.15, 0.2) is 5.72 Å². The molecule has 3 nitrogen and oxygen atoms in total. The van der Waals surface area contributed by atoms with Crippen molar-refractivity contribution >= 4 is 5.91 Å². The van der Waals surface area contributed by atoms with E-state index in [4.69, 9.17) is 0 Å². The maximum Gasteiger partial charge on any atom is 0.257 e. The van der Waals surface area contributed by atoms with Gasteiger partial charge in [-0.3, -0.25) is 9.69 Å². The molecular weight excluding hydrogens is 334 g/mol. The minimum Gasteiger partial charge on any atom is -0.367 e. The fourth-order valence-electron chi connectivity index (χ4n) is 4.04. The van der Waals surface area contributed by atoms with Crippen LogP contribution in [0, 0.1) is 0 Å². The Bertz CT molecular complexity index is 939. The third-order valence-corrected chi connectivity index (χ3v) is 5.48. The lowest BCUT2D eigenvalue weighted by molar-refractivity contribution is -0.106. The van der Waals surface area contributed by atoms with Crippen molar-refractivity contribution in [2.45, 2.75) is 31.5 Å². The second-order valence-corrected chi connectivity index (χ2v) is 7.11. The van der Waals surface area contributed by atoms with Crippen LogP contribution in [0.25, 0.3) is 0 Å². The molecule has 27 heavy (non-hydrogen) atoms. The highest BCUT2D eigenvalue weighted by Crippen LogP contribution is 2.45. The highest BCUT2D eigenvalue weighted by Gasteiger charge is 2.50. The van der Waals surface area contributed by atoms with Gasteiger partial charge in [0.2, 0.25) is 0 Å². The summed E-state index contributed by atoms with van der Waals surface area (Å²) in [5, 5.41) is 11.8.